The third-order valence-corrected chi connectivity index (χ3v) is 4.29. The predicted molar refractivity (Wildman–Crippen MR) is 86.3 cm³/mol. The number of allylic oxidation sites excluding steroid dienone is 4. The molecule has 2 atom stereocenters. The Labute approximate surface area is 145 Å². The maximum absolute atomic E-state index is 14.3. The van der Waals surface area contributed by atoms with Crippen LogP contribution in [0.4, 0.5) is 17.6 Å². The van der Waals surface area contributed by atoms with Crippen LogP contribution < -0.4 is 0 Å². The van der Waals surface area contributed by atoms with Crippen LogP contribution in [0.3, 0.4) is 0 Å². The van der Waals surface area contributed by atoms with Gasteiger partial charge in [-0.3, -0.25) is 4.99 Å². The van der Waals surface area contributed by atoms with Gasteiger partial charge < -0.3 is 0 Å². The average molecular weight is 373 g/mol. The maximum atomic E-state index is 14.3. The second-order valence-corrected chi connectivity index (χ2v) is 6.17. The first-order chi connectivity index (χ1) is 11.7. The summed E-state index contributed by atoms with van der Waals surface area (Å²) in [5, 5.41) is 4.31. The number of hydrogen-bond acceptors (Lipinski definition) is 3. The summed E-state index contributed by atoms with van der Waals surface area (Å²) in [5.74, 6) is -1.57. The minimum Gasteiger partial charge on any atom is -0.266 e. The van der Waals surface area contributed by atoms with Gasteiger partial charge in [-0.15, -0.1) is 0 Å². The van der Waals surface area contributed by atoms with Crippen molar-refractivity contribution in [3.63, 3.8) is 0 Å². The number of aliphatic imine (C=N–C) groups is 1. The summed E-state index contributed by atoms with van der Waals surface area (Å²) < 4.78 is 53.5. The van der Waals surface area contributed by atoms with Crippen LogP contribution in [0.2, 0.25) is 5.15 Å². The molecule has 0 aromatic carbocycles. The van der Waals surface area contributed by atoms with Crippen molar-refractivity contribution in [1.82, 2.24) is 14.6 Å². The maximum Gasteiger partial charge on any atom is 0.412 e. The number of alkyl halides is 3. The van der Waals surface area contributed by atoms with E-state index in [1.54, 1.807) is 18.5 Å². The number of aromatic nitrogens is 3. The fourth-order valence-corrected chi connectivity index (χ4v) is 2.94. The zero-order valence-electron chi connectivity index (χ0n) is 13.1. The minimum absolute atomic E-state index is 0.0914. The summed E-state index contributed by atoms with van der Waals surface area (Å²) in [6, 6.07) is 1.63. The summed E-state index contributed by atoms with van der Waals surface area (Å²) in [6.45, 7) is 4.10. The van der Waals surface area contributed by atoms with Gasteiger partial charge in [0.05, 0.1) is 5.70 Å². The van der Waals surface area contributed by atoms with Crippen molar-refractivity contribution in [2.45, 2.75) is 25.4 Å². The summed E-state index contributed by atoms with van der Waals surface area (Å²) in [6.07, 6.45) is -0.445. The molecular formula is C16H13ClF4N4. The van der Waals surface area contributed by atoms with Crippen LogP contribution in [0, 0.1) is 5.92 Å². The SMILES string of the molecule is C=N/C(=C(F)\C=C(/C)C(F)(F)F)[C@H]1C[C@@H]1c1cc(Cl)nn2ccnc12. The molecule has 0 saturated heterocycles. The van der Waals surface area contributed by atoms with Crippen LogP contribution in [0.25, 0.3) is 5.65 Å². The second-order valence-electron chi connectivity index (χ2n) is 5.78. The number of nitrogens with zero attached hydrogens (tertiary/aromatic N) is 4. The number of rotatable bonds is 4. The van der Waals surface area contributed by atoms with Crippen LogP contribution in [0.15, 0.2) is 46.6 Å². The summed E-state index contributed by atoms with van der Waals surface area (Å²) in [5.41, 5.74) is 0.195. The van der Waals surface area contributed by atoms with Crippen molar-refractivity contribution in [2.75, 3.05) is 0 Å². The first kappa shape index (κ1) is 17.6. The van der Waals surface area contributed by atoms with E-state index in [0.29, 0.717) is 18.1 Å². The molecule has 0 spiro atoms. The van der Waals surface area contributed by atoms with Crippen LogP contribution in [-0.4, -0.2) is 27.5 Å². The molecule has 1 aliphatic rings. The molecule has 0 unspecified atom stereocenters. The molecule has 1 saturated carbocycles. The molecule has 3 rings (SSSR count). The van der Waals surface area contributed by atoms with Gasteiger partial charge in [-0.05, 0) is 38.1 Å². The molecule has 9 heteroatoms. The highest BCUT2D eigenvalue weighted by Crippen LogP contribution is 2.54. The molecule has 2 aromatic rings. The zero-order valence-corrected chi connectivity index (χ0v) is 13.8. The number of hydrogen-bond donors (Lipinski definition) is 0. The molecule has 2 heterocycles. The molecule has 0 radical (unpaired) electrons. The molecule has 2 aromatic heterocycles. The van der Waals surface area contributed by atoms with E-state index >= 15 is 0 Å². The Morgan fingerprint density at radius 1 is 1.48 bits per heavy atom. The number of imidazole rings is 1. The van der Waals surface area contributed by atoms with Gasteiger partial charge in [-0.1, -0.05) is 11.6 Å². The summed E-state index contributed by atoms with van der Waals surface area (Å²) >= 11 is 5.98. The monoisotopic (exact) mass is 372 g/mol. The van der Waals surface area contributed by atoms with Crippen LogP contribution in [0.5, 0.6) is 0 Å². The fraction of sp³-hybridized carbons (Fsp3) is 0.312. The normalized spacial score (nSPS) is 22.1. The number of halogens is 5. The highest BCUT2D eigenvalue weighted by atomic mass is 35.5. The fourth-order valence-electron chi connectivity index (χ4n) is 2.74. The lowest BCUT2D eigenvalue weighted by atomic mass is 10.1. The Hall–Kier alpha value is -2.22. The molecule has 132 valence electrons. The standard InChI is InChI=1S/C16H13ClF4N4/c1-8(16(19,20)21)5-12(18)14(22-2)10-6-9(10)11-7-13(17)24-25-4-3-23-15(11)25/h3-5,7,9-10H,2,6H2,1H3/b8-5+,14-12+/t9-,10-/m0/s1. The smallest absolute Gasteiger partial charge is 0.266 e. The van der Waals surface area contributed by atoms with E-state index < -0.39 is 17.6 Å². The first-order valence-corrected chi connectivity index (χ1v) is 7.72. The summed E-state index contributed by atoms with van der Waals surface area (Å²) in [7, 11) is 0. The average Bonchev–Trinajstić information content (AvgIpc) is 3.14. The lowest BCUT2D eigenvalue weighted by molar-refractivity contribution is -0.0914. The van der Waals surface area contributed by atoms with E-state index in [1.165, 1.54) is 4.52 Å². The lowest BCUT2D eigenvalue weighted by Crippen LogP contribution is -2.09. The van der Waals surface area contributed by atoms with Crippen molar-refractivity contribution in [2.24, 2.45) is 10.9 Å². The quantitative estimate of drug-likeness (QED) is 0.436. The molecule has 0 bridgehead atoms. The van der Waals surface area contributed by atoms with E-state index in [0.717, 1.165) is 12.5 Å². The van der Waals surface area contributed by atoms with E-state index in [9.17, 15) is 17.6 Å². The molecule has 0 amide bonds. The Bertz CT molecular complexity index is 897. The topological polar surface area (TPSA) is 42.5 Å². The zero-order chi connectivity index (χ0) is 18.4. The van der Waals surface area contributed by atoms with E-state index in [1.807, 2.05) is 0 Å². The predicted octanol–water partition coefficient (Wildman–Crippen LogP) is 4.88. The van der Waals surface area contributed by atoms with E-state index in [4.69, 9.17) is 11.6 Å². The molecule has 25 heavy (non-hydrogen) atoms. The Balaban J connectivity index is 1.94. The minimum atomic E-state index is -4.59. The van der Waals surface area contributed by atoms with Gasteiger partial charge in [0.2, 0.25) is 0 Å². The second kappa shape index (κ2) is 6.25. The van der Waals surface area contributed by atoms with E-state index in [-0.39, 0.29) is 22.7 Å². The molecule has 1 aliphatic carbocycles. The highest BCUT2D eigenvalue weighted by Gasteiger charge is 2.44. The lowest BCUT2D eigenvalue weighted by Gasteiger charge is -2.07. The van der Waals surface area contributed by atoms with Crippen molar-refractivity contribution >= 4 is 24.0 Å². The van der Waals surface area contributed by atoms with Crippen LogP contribution >= 0.6 is 11.6 Å². The summed E-state index contributed by atoms with van der Waals surface area (Å²) in [4.78, 5) is 7.81. The molecule has 4 nitrogen and oxygen atoms in total. The Kier molecular flexibility index (Phi) is 4.40. The van der Waals surface area contributed by atoms with Crippen molar-refractivity contribution in [3.05, 3.63) is 52.3 Å². The first-order valence-electron chi connectivity index (χ1n) is 7.34. The molecule has 0 aliphatic heterocycles. The van der Waals surface area contributed by atoms with Crippen molar-refractivity contribution in [1.29, 1.82) is 0 Å². The van der Waals surface area contributed by atoms with Gasteiger partial charge in [-0.25, -0.2) is 13.9 Å². The van der Waals surface area contributed by atoms with Gasteiger partial charge in [0.15, 0.2) is 5.65 Å². The Morgan fingerprint density at radius 3 is 2.84 bits per heavy atom. The van der Waals surface area contributed by atoms with Crippen LogP contribution in [0.1, 0.15) is 24.8 Å². The highest BCUT2D eigenvalue weighted by molar-refractivity contribution is 6.29. The van der Waals surface area contributed by atoms with Crippen LogP contribution in [-0.2, 0) is 0 Å². The number of fused-ring (bicyclic) bond motifs is 1. The third kappa shape index (κ3) is 3.44. The molecule has 0 N–H and O–H groups in total. The third-order valence-electron chi connectivity index (χ3n) is 4.10. The Morgan fingerprint density at radius 2 is 2.20 bits per heavy atom. The van der Waals surface area contributed by atoms with Gasteiger partial charge >= 0.3 is 6.18 Å². The molecule has 1 fully saturated rings. The van der Waals surface area contributed by atoms with Crippen molar-refractivity contribution < 1.29 is 17.6 Å². The largest absolute Gasteiger partial charge is 0.412 e. The molecular weight excluding hydrogens is 360 g/mol. The van der Waals surface area contributed by atoms with Gasteiger partial charge in [0, 0.05) is 29.4 Å². The van der Waals surface area contributed by atoms with Gasteiger partial charge in [0.25, 0.3) is 0 Å². The van der Waals surface area contributed by atoms with E-state index in [2.05, 4.69) is 21.8 Å². The van der Waals surface area contributed by atoms with Crippen molar-refractivity contribution in [3.8, 4) is 0 Å². The van der Waals surface area contributed by atoms with Gasteiger partial charge in [-0.2, -0.15) is 18.3 Å². The van der Waals surface area contributed by atoms with Gasteiger partial charge in [0.1, 0.15) is 11.0 Å².